The summed E-state index contributed by atoms with van der Waals surface area (Å²) < 4.78 is 1.33. The van der Waals surface area contributed by atoms with Crippen molar-refractivity contribution in [2.24, 2.45) is 0 Å². The molecule has 0 radical (unpaired) electrons. The van der Waals surface area contributed by atoms with Gasteiger partial charge in [-0.2, -0.15) is 5.10 Å². The summed E-state index contributed by atoms with van der Waals surface area (Å²) in [5, 5.41) is 7.34. The summed E-state index contributed by atoms with van der Waals surface area (Å²) in [6, 6.07) is 3.91. The van der Waals surface area contributed by atoms with Gasteiger partial charge in [-0.05, 0) is 31.0 Å². The van der Waals surface area contributed by atoms with Crippen LogP contribution >= 0.6 is 11.6 Å². The van der Waals surface area contributed by atoms with Gasteiger partial charge in [0.15, 0.2) is 0 Å². The molecule has 5 nitrogen and oxygen atoms in total. The Morgan fingerprint density at radius 1 is 1.37 bits per heavy atom. The van der Waals surface area contributed by atoms with Gasteiger partial charge in [0.2, 0.25) is 0 Å². The van der Waals surface area contributed by atoms with Crippen molar-refractivity contribution >= 4 is 17.3 Å². The van der Waals surface area contributed by atoms with Crippen LogP contribution in [0.5, 0.6) is 0 Å². The van der Waals surface area contributed by atoms with Crippen LogP contribution in [0, 0.1) is 0 Å². The van der Waals surface area contributed by atoms with Gasteiger partial charge in [-0.1, -0.05) is 11.6 Å². The van der Waals surface area contributed by atoms with Crippen LogP contribution in [-0.4, -0.2) is 21.3 Å². The fraction of sp³-hybridized carbons (Fsp3) is 0.308. The first-order valence-electron chi connectivity index (χ1n) is 6.10. The van der Waals surface area contributed by atoms with Crippen molar-refractivity contribution in [1.82, 2.24) is 14.8 Å². The highest BCUT2D eigenvalue weighted by molar-refractivity contribution is 6.32. The number of anilines is 1. The first kappa shape index (κ1) is 13.5. The molecule has 0 unspecified atom stereocenters. The Kier molecular flexibility index (Phi) is 4.52. The Balaban J connectivity index is 2.01. The molecule has 0 aliphatic rings. The van der Waals surface area contributed by atoms with Crippen LogP contribution in [0.2, 0.25) is 5.02 Å². The summed E-state index contributed by atoms with van der Waals surface area (Å²) in [6.07, 6.45) is 5.92. The molecule has 0 saturated carbocycles. The van der Waals surface area contributed by atoms with Crippen LogP contribution in [-0.2, 0) is 13.0 Å². The average molecular weight is 279 g/mol. The molecule has 2 rings (SSSR count). The molecule has 2 aromatic heterocycles. The maximum atomic E-state index is 11.8. The van der Waals surface area contributed by atoms with Gasteiger partial charge in [-0.3, -0.25) is 9.78 Å². The lowest BCUT2D eigenvalue weighted by atomic mass is 10.2. The Hall–Kier alpha value is -1.88. The van der Waals surface area contributed by atoms with Gasteiger partial charge in [0.1, 0.15) is 5.02 Å². The van der Waals surface area contributed by atoms with Crippen LogP contribution in [0.4, 0.5) is 5.69 Å². The maximum Gasteiger partial charge on any atom is 0.287 e. The van der Waals surface area contributed by atoms with E-state index in [-0.39, 0.29) is 10.6 Å². The molecule has 2 heterocycles. The molecular weight excluding hydrogens is 264 g/mol. The summed E-state index contributed by atoms with van der Waals surface area (Å²) in [6.45, 7) is 3.04. The molecule has 0 spiro atoms. The number of rotatable bonds is 5. The summed E-state index contributed by atoms with van der Waals surface area (Å²) >= 11 is 6.01. The minimum atomic E-state index is -0.266. The zero-order valence-corrected chi connectivity index (χ0v) is 11.4. The van der Waals surface area contributed by atoms with Gasteiger partial charge >= 0.3 is 0 Å². The fourth-order valence-electron chi connectivity index (χ4n) is 1.70. The van der Waals surface area contributed by atoms with E-state index in [1.165, 1.54) is 10.2 Å². The smallest absolute Gasteiger partial charge is 0.287 e. The van der Waals surface area contributed by atoms with Crippen molar-refractivity contribution in [2.45, 2.75) is 19.9 Å². The van der Waals surface area contributed by atoms with Gasteiger partial charge in [0.25, 0.3) is 5.56 Å². The number of pyridine rings is 1. The number of nitrogens with one attached hydrogen (secondary N) is 1. The molecular formula is C13H15ClN4O. The second-order valence-corrected chi connectivity index (χ2v) is 4.40. The first-order chi connectivity index (χ1) is 9.22. The Labute approximate surface area is 116 Å². The number of hydrogen-bond acceptors (Lipinski definition) is 4. The van der Waals surface area contributed by atoms with E-state index in [9.17, 15) is 4.79 Å². The highest BCUT2D eigenvalue weighted by Gasteiger charge is 2.07. The minimum Gasteiger partial charge on any atom is -0.382 e. The average Bonchev–Trinajstić information content (AvgIpc) is 2.45. The molecule has 0 amide bonds. The van der Waals surface area contributed by atoms with E-state index >= 15 is 0 Å². The maximum absolute atomic E-state index is 11.8. The lowest BCUT2D eigenvalue weighted by molar-refractivity contribution is 0.616. The third kappa shape index (κ3) is 3.32. The number of hydrogen-bond donors (Lipinski definition) is 1. The van der Waals surface area contributed by atoms with E-state index in [0.29, 0.717) is 18.8 Å². The monoisotopic (exact) mass is 278 g/mol. The zero-order chi connectivity index (χ0) is 13.7. The lowest BCUT2D eigenvalue weighted by Crippen LogP contribution is -2.23. The van der Waals surface area contributed by atoms with E-state index < -0.39 is 0 Å². The Morgan fingerprint density at radius 2 is 2.11 bits per heavy atom. The quantitative estimate of drug-likeness (QED) is 0.908. The van der Waals surface area contributed by atoms with Crippen LogP contribution in [0.25, 0.3) is 0 Å². The van der Waals surface area contributed by atoms with Gasteiger partial charge in [-0.25, -0.2) is 4.68 Å². The summed E-state index contributed by atoms with van der Waals surface area (Å²) in [7, 11) is 0. The van der Waals surface area contributed by atoms with Crippen LogP contribution in [0.15, 0.2) is 35.5 Å². The van der Waals surface area contributed by atoms with Crippen molar-refractivity contribution in [3.63, 3.8) is 0 Å². The molecule has 0 atom stereocenters. The second-order valence-electron chi connectivity index (χ2n) is 4.03. The minimum absolute atomic E-state index is 0.187. The van der Waals surface area contributed by atoms with Crippen molar-refractivity contribution in [2.75, 3.05) is 11.9 Å². The van der Waals surface area contributed by atoms with Crippen molar-refractivity contribution < 1.29 is 0 Å². The molecule has 100 valence electrons. The number of aromatic nitrogens is 3. The number of halogens is 1. The highest BCUT2D eigenvalue weighted by Crippen LogP contribution is 2.15. The SMILES string of the molecule is CCn1ncc(NCCc2ccncc2)c(Cl)c1=O. The van der Waals surface area contributed by atoms with Gasteiger partial charge in [0.05, 0.1) is 11.9 Å². The predicted octanol–water partition coefficient (Wildman–Crippen LogP) is 1.97. The van der Waals surface area contributed by atoms with E-state index in [1.807, 2.05) is 19.1 Å². The third-order valence-corrected chi connectivity index (χ3v) is 3.13. The number of aryl methyl sites for hydroxylation is 1. The Morgan fingerprint density at radius 3 is 2.79 bits per heavy atom. The molecule has 19 heavy (non-hydrogen) atoms. The second kappa shape index (κ2) is 6.33. The molecule has 0 aliphatic heterocycles. The molecule has 0 saturated heterocycles. The van der Waals surface area contributed by atoms with Crippen LogP contribution < -0.4 is 10.9 Å². The van der Waals surface area contributed by atoms with Gasteiger partial charge in [-0.15, -0.1) is 0 Å². The zero-order valence-electron chi connectivity index (χ0n) is 10.6. The van der Waals surface area contributed by atoms with Crippen molar-refractivity contribution in [1.29, 1.82) is 0 Å². The van der Waals surface area contributed by atoms with Crippen molar-refractivity contribution in [3.8, 4) is 0 Å². The van der Waals surface area contributed by atoms with Gasteiger partial charge in [0, 0.05) is 25.5 Å². The predicted molar refractivity (Wildman–Crippen MR) is 75.6 cm³/mol. The summed E-state index contributed by atoms with van der Waals surface area (Å²) in [5.74, 6) is 0. The standard InChI is InChI=1S/C13H15ClN4O/c1-2-18-13(19)12(14)11(9-17-18)16-8-5-10-3-6-15-7-4-10/h3-4,6-7,9,16H,2,5,8H2,1H3. The highest BCUT2D eigenvalue weighted by atomic mass is 35.5. The molecule has 6 heteroatoms. The molecule has 2 aromatic rings. The topological polar surface area (TPSA) is 59.8 Å². The largest absolute Gasteiger partial charge is 0.382 e. The van der Waals surface area contributed by atoms with E-state index in [2.05, 4.69) is 15.4 Å². The molecule has 0 aromatic carbocycles. The lowest BCUT2D eigenvalue weighted by Gasteiger charge is -2.09. The molecule has 1 N–H and O–H groups in total. The van der Waals surface area contributed by atoms with Crippen LogP contribution in [0.1, 0.15) is 12.5 Å². The van der Waals surface area contributed by atoms with Gasteiger partial charge < -0.3 is 5.32 Å². The van der Waals surface area contributed by atoms with Crippen molar-refractivity contribution in [3.05, 3.63) is 51.7 Å². The third-order valence-electron chi connectivity index (χ3n) is 2.76. The van der Waals surface area contributed by atoms with E-state index in [4.69, 9.17) is 11.6 Å². The Bertz CT molecular complexity index is 597. The fourth-order valence-corrected chi connectivity index (χ4v) is 1.92. The normalized spacial score (nSPS) is 10.4. The molecule has 0 bridgehead atoms. The summed E-state index contributed by atoms with van der Waals surface area (Å²) in [5.41, 5.74) is 1.48. The molecule has 0 aliphatic carbocycles. The van der Waals surface area contributed by atoms with Crippen LogP contribution in [0.3, 0.4) is 0 Å². The molecule has 0 fully saturated rings. The van der Waals surface area contributed by atoms with E-state index in [1.54, 1.807) is 18.6 Å². The number of nitrogens with zero attached hydrogens (tertiary/aromatic N) is 3. The van der Waals surface area contributed by atoms with E-state index in [0.717, 1.165) is 6.42 Å². The summed E-state index contributed by atoms with van der Waals surface area (Å²) in [4.78, 5) is 15.7. The first-order valence-corrected chi connectivity index (χ1v) is 6.48.